The first-order valence-corrected chi connectivity index (χ1v) is 9.59. The molecule has 1 fully saturated rings. The van der Waals surface area contributed by atoms with Crippen LogP contribution in [0.25, 0.3) is 5.76 Å². The first kappa shape index (κ1) is 22.0. The molecule has 1 saturated heterocycles. The zero-order valence-corrected chi connectivity index (χ0v) is 16.8. The first-order chi connectivity index (χ1) is 14.7. The Kier molecular flexibility index (Phi) is 6.36. The Balaban J connectivity index is 2.14. The van der Waals surface area contributed by atoms with Crippen LogP contribution < -0.4 is 0 Å². The quantitative estimate of drug-likeness (QED) is 0.219. The van der Waals surface area contributed by atoms with Crippen molar-refractivity contribution in [3.8, 4) is 0 Å². The fraction of sp³-hybridized carbons (Fsp3) is 0.190. The van der Waals surface area contributed by atoms with Gasteiger partial charge in [-0.1, -0.05) is 23.7 Å². The van der Waals surface area contributed by atoms with E-state index < -0.39 is 34.4 Å². The van der Waals surface area contributed by atoms with E-state index in [1.807, 2.05) is 0 Å². The van der Waals surface area contributed by atoms with Crippen molar-refractivity contribution in [3.05, 3.63) is 80.4 Å². The molecule has 2 aromatic carbocycles. The second-order valence-electron chi connectivity index (χ2n) is 6.85. The lowest BCUT2D eigenvalue weighted by atomic mass is 9.95. The Morgan fingerprint density at radius 2 is 1.81 bits per heavy atom. The molecular weight excluding hydrogens is 428 g/mol. The van der Waals surface area contributed by atoms with Gasteiger partial charge in [-0.2, -0.15) is 0 Å². The molecule has 2 N–H and O–H groups in total. The lowest BCUT2D eigenvalue weighted by Gasteiger charge is -2.25. The van der Waals surface area contributed by atoms with Crippen LogP contribution in [0.2, 0.25) is 5.02 Å². The van der Waals surface area contributed by atoms with E-state index >= 15 is 0 Å². The Hall–Kier alpha value is -3.72. The van der Waals surface area contributed by atoms with Crippen molar-refractivity contribution in [1.29, 1.82) is 0 Å². The van der Waals surface area contributed by atoms with Crippen molar-refractivity contribution in [3.63, 3.8) is 0 Å². The summed E-state index contributed by atoms with van der Waals surface area (Å²) < 4.78 is 0. The van der Waals surface area contributed by atoms with E-state index in [0.717, 1.165) is 4.90 Å². The number of nitro benzene ring substituents is 1. The SMILES string of the molecule is O=C(O)CCCN1C(=O)C(=O)/C(=C(/O)c2ccc(Cl)cc2)[C@H]1c1cccc([N+](=O)[O-])c1. The van der Waals surface area contributed by atoms with E-state index in [1.165, 1.54) is 48.5 Å². The molecule has 0 spiro atoms. The van der Waals surface area contributed by atoms with E-state index in [2.05, 4.69) is 0 Å². The number of carboxylic acid groups (broad SMARTS) is 1. The third kappa shape index (κ3) is 4.56. The summed E-state index contributed by atoms with van der Waals surface area (Å²) in [6, 6.07) is 10.2. The van der Waals surface area contributed by atoms with Gasteiger partial charge in [0.1, 0.15) is 5.76 Å². The summed E-state index contributed by atoms with van der Waals surface area (Å²) in [7, 11) is 0. The molecule has 1 amide bonds. The third-order valence-corrected chi connectivity index (χ3v) is 5.10. The maximum Gasteiger partial charge on any atom is 0.303 e. The van der Waals surface area contributed by atoms with Gasteiger partial charge in [-0.15, -0.1) is 0 Å². The van der Waals surface area contributed by atoms with Gasteiger partial charge >= 0.3 is 5.97 Å². The highest BCUT2D eigenvalue weighted by Gasteiger charge is 2.46. The fourth-order valence-corrected chi connectivity index (χ4v) is 3.56. The van der Waals surface area contributed by atoms with Crippen LogP contribution >= 0.6 is 11.6 Å². The summed E-state index contributed by atoms with van der Waals surface area (Å²) in [5.74, 6) is -3.39. The van der Waals surface area contributed by atoms with Crippen molar-refractivity contribution in [2.45, 2.75) is 18.9 Å². The zero-order chi connectivity index (χ0) is 22.7. The number of carbonyl (C=O) groups is 3. The largest absolute Gasteiger partial charge is 0.507 e. The number of amides is 1. The van der Waals surface area contributed by atoms with Gasteiger partial charge in [-0.05, 0) is 36.2 Å². The summed E-state index contributed by atoms with van der Waals surface area (Å²) in [5, 5.41) is 31.4. The molecule has 0 radical (unpaired) electrons. The average molecular weight is 445 g/mol. The van der Waals surface area contributed by atoms with Crippen molar-refractivity contribution in [2.24, 2.45) is 0 Å². The lowest BCUT2D eigenvalue weighted by Crippen LogP contribution is -2.31. The van der Waals surface area contributed by atoms with E-state index in [9.17, 15) is 29.6 Å². The fourth-order valence-electron chi connectivity index (χ4n) is 3.43. The van der Waals surface area contributed by atoms with E-state index in [4.69, 9.17) is 16.7 Å². The van der Waals surface area contributed by atoms with Gasteiger partial charge in [0.05, 0.1) is 16.5 Å². The number of hydrogen-bond donors (Lipinski definition) is 2. The number of rotatable bonds is 7. The van der Waals surface area contributed by atoms with Crippen LogP contribution in [0.3, 0.4) is 0 Å². The maximum atomic E-state index is 12.8. The molecule has 2 aromatic rings. The predicted molar refractivity (Wildman–Crippen MR) is 110 cm³/mol. The minimum Gasteiger partial charge on any atom is -0.507 e. The van der Waals surface area contributed by atoms with Crippen LogP contribution in [-0.2, 0) is 14.4 Å². The molecule has 0 bridgehead atoms. The van der Waals surface area contributed by atoms with Crippen LogP contribution in [-0.4, -0.2) is 44.2 Å². The van der Waals surface area contributed by atoms with Gasteiger partial charge in [-0.25, -0.2) is 0 Å². The van der Waals surface area contributed by atoms with Crippen LogP contribution in [0.5, 0.6) is 0 Å². The van der Waals surface area contributed by atoms with Crippen LogP contribution in [0, 0.1) is 10.1 Å². The minimum atomic E-state index is -1.11. The molecule has 160 valence electrons. The number of aliphatic hydroxyl groups is 1. The molecule has 1 heterocycles. The highest BCUT2D eigenvalue weighted by Crippen LogP contribution is 2.40. The third-order valence-electron chi connectivity index (χ3n) is 4.84. The van der Waals surface area contributed by atoms with Gasteiger partial charge < -0.3 is 15.1 Å². The van der Waals surface area contributed by atoms with Crippen molar-refractivity contribution in [2.75, 3.05) is 6.54 Å². The highest BCUT2D eigenvalue weighted by atomic mass is 35.5. The smallest absolute Gasteiger partial charge is 0.303 e. The number of Topliss-reactive ketones (excluding diaryl/α,β-unsaturated/α-hetero) is 1. The molecule has 10 heteroatoms. The zero-order valence-electron chi connectivity index (χ0n) is 16.0. The number of carboxylic acids is 1. The molecule has 1 aliphatic rings. The topological polar surface area (TPSA) is 138 Å². The summed E-state index contributed by atoms with van der Waals surface area (Å²) in [6.07, 6.45) is -0.170. The lowest BCUT2D eigenvalue weighted by molar-refractivity contribution is -0.384. The standard InChI is InChI=1S/C21H17ClN2O7/c22-14-8-6-12(7-9-14)19(27)17-18(13-3-1-4-15(11-13)24(30)31)23(21(29)20(17)28)10-2-5-16(25)26/h1,3-4,6-9,11,18,27H,2,5,10H2,(H,25,26)/b19-17+/t18-/m1/s1. The van der Waals surface area contributed by atoms with Crippen LogP contribution in [0.4, 0.5) is 5.69 Å². The second kappa shape index (κ2) is 8.97. The molecule has 1 atom stereocenters. The molecular formula is C21H17ClN2O7. The van der Waals surface area contributed by atoms with Gasteiger partial charge in [-0.3, -0.25) is 24.5 Å². The van der Waals surface area contributed by atoms with E-state index in [1.54, 1.807) is 0 Å². The Morgan fingerprint density at radius 3 is 2.42 bits per heavy atom. The van der Waals surface area contributed by atoms with E-state index in [0.29, 0.717) is 5.02 Å². The van der Waals surface area contributed by atoms with Crippen LogP contribution in [0.15, 0.2) is 54.1 Å². The number of aliphatic hydroxyl groups excluding tert-OH is 1. The number of benzene rings is 2. The summed E-state index contributed by atoms with van der Waals surface area (Å²) in [6.45, 7) is -0.0817. The number of ketones is 1. The van der Waals surface area contributed by atoms with E-state index in [-0.39, 0.29) is 41.8 Å². The Bertz CT molecular complexity index is 1100. The molecule has 0 unspecified atom stereocenters. The first-order valence-electron chi connectivity index (χ1n) is 9.21. The molecule has 31 heavy (non-hydrogen) atoms. The van der Waals surface area contributed by atoms with Gasteiger partial charge in [0.25, 0.3) is 17.4 Å². The number of carbonyl (C=O) groups excluding carboxylic acids is 2. The molecule has 9 nitrogen and oxygen atoms in total. The van der Waals surface area contributed by atoms with Crippen molar-refractivity contribution >= 4 is 40.7 Å². The van der Waals surface area contributed by atoms with Crippen molar-refractivity contribution in [1.82, 2.24) is 4.90 Å². The van der Waals surface area contributed by atoms with Crippen LogP contribution in [0.1, 0.15) is 30.0 Å². The number of halogens is 1. The molecule has 0 saturated carbocycles. The van der Waals surface area contributed by atoms with Gasteiger partial charge in [0.15, 0.2) is 0 Å². The highest BCUT2D eigenvalue weighted by molar-refractivity contribution is 6.46. The van der Waals surface area contributed by atoms with Crippen molar-refractivity contribution < 1.29 is 29.5 Å². The molecule has 0 aliphatic carbocycles. The second-order valence-corrected chi connectivity index (χ2v) is 7.29. The van der Waals surface area contributed by atoms with Gasteiger partial charge in [0, 0.05) is 35.7 Å². The number of nitro groups is 1. The Labute approximate surface area is 181 Å². The molecule has 1 aliphatic heterocycles. The summed E-state index contributed by atoms with van der Waals surface area (Å²) in [4.78, 5) is 48.1. The number of likely N-dealkylation sites (tertiary alicyclic amines) is 1. The number of aliphatic carboxylic acids is 1. The predicted octanol–water partition coefficient (Wildman–Crippen LogP) is 3.53. The van der Waals surface area contributed by atoms with Gasteiger partial charge in [0.2, 0.25) is 0 Å². The maximum absolute atomic E-state index is 12.8. The Morgan fingerprint density at radius 1 is 1.13 bits per heavy atom. The summed E-state index contributed by atoms with van der Waals surface area (Å²) >= 11 is 5.87. The number of non-ortho nitro benzene ring substituents is 1. The minimum absolute atomic E-state index is 0.0643. The number of hydrogen-bond acceptors (Lipinski definition) is 6. The average Bonchev–Trinajstić information content (AvgIpc) is 2.98. The normalized spacial score (nSPS) is 17.7. The summed E-state index contributed by atoms with van der Waals surface area (Å²) in [5.41, 5.74) is 0.00543. The monoisotopic (exact) mass is 444 g/mol. The molecule has 3 rings (SSSR count). The molecule has 0 aromatic heterocycles. The number of nitrogens with zero attached hydrogens (tertiary/aromatic N) is 2.